The average molecular weight is 145 g/mol. The zero-order valence-electron chi connectivity index (χ0n) is 4.66. The molecule has 0 saturated carbocycles. The van der Waals surface area contributed by atoms with Gasteiger partial charge in [0.1, 0.15) is 0 Å². The molecule has 1 heterocycles. The molecule has 2 N–H and O–H groups in total. The number of carbonyl (C=O) groups is 2. The highest BCUT2D eigenvalue weighted by molar-refractivity contribution is 5.94. The Kier molecular flexibility index (Phi) is 1.55. The first-order valence-corrected chi connectivity index (χ1v) is 2.28. The highest BCUT2D eigenvalue weighted by Crippen LogP contribution is 1.96. The van der Waals surface area contributed by atoms with Crippen LogP contribution in [0.3, 0.4) is 0 Å². The Morgan fingerprint density at radius 3 is 2.80 bits per heavy atom. The van der Waals surface area contributed by atoms with Crippen molar-refractivity contribution < 1.29 is 24.4 Å². The molecule has 0 atom stereocenters. The molecule has 0 aromatic rings. The van der Waals surface area contributed by atoms with Crippen LogP contribution in [0.2, 0.25) is 0 Å². The Balaban J connectivity index is 2.80. The Hall–Kier alpha value is -1.56. The van der Waals surface area contributed by atoms with Gasteiger partial charge >= 0.3 is 11.9 Å². The van der Waals surface area contributed by atoms with Gasteiger partial charge in [-0.1, -0.05) is 0 Å². The number of hydrogen-bond acceptors (Lipinski definition) is 6. The fraction of sp³-hybridized carbons (Fsp3) is 0. The molecule has 0 bridgehead atoms. The standard InChI is InChI=1S/C4H3NO5/c6-2-1-3(7)9-5-10-4(2)8/h1,5-6H. The molecule has 0 aromatic carbocycles. The molecule has 0 radical (unpaired) electrons. The van der Waals surface area contributed by atoms with E-state index in [0.717, 1.165) is 0 Å². The highest BCUT2D eigenvalue weighted by Gasteiger charge is 2.16. The Labute approximate surface area is 54.9 Å². The van der Waals surface area contributed by atoms with Crippen LogP contribution in [0.15, 0.2) is 11.8 Å². The molecule has 0 fully saturated rings. The first-order valence-electron chi connectivity index (χ1n) is 2.28. The molecule has 0 spiro atoms. The summed E-state index contributed by atoms with van der Waals surface area (Å²) < 4.78 is 0. The van der Waals surface area contributed by atoms with E-state index in [2.05, 4.69) is 9.68 Å². The Bertz CT molecular complexity index is 208. The summed E-state index contributed by atoms with van der Waals surface area (Å²) in [6, 6.07) is 0. The van der Waals surface area contributed by atoms with Gasteiger partial charge in [0.2, 0.25) is 5.76 Å². The Morgan fingerprint density at radius 2 is 2.10 bits per heavy atom. The molecule has 0 saturated heterocycles. The molecule has 6 nitrogen and oxygen atoms in total. The summed E-state index contributed by atoms with van der Waals surface area (Å²) in [5.41, 5.74) is 1.57. The van der Waals surface area contributed by atoms with Crippen molar-refractivity contribution in [3.8, 4) is 0 Å². The molecule has 54 valence electrons. The van der Waals surface area contributed by atoms with Gasteiger partial charge in [-0.15, -0.1) is 0 Å². The van der Waals surface area contributed by atoms with Crippen LogP contribution in [0.1, 0.15) is 0 Å². The van der Waals surface area contributed by atoms with Gasteiger partial charge in [0, 0.05) is 5.64 Å². The van der Waals surface area contributed by atoms with E-state index in [4.69, 9.17) is 5.11 Å². The first-order chi connectivity index (χ1) is 4.70. The minimum absolute atomic E-state index is 0.600. The lowest BCUT2D eigenvalue weighted by molar-refractivity contribution is -0.190. The van der Waals surface area contributed by atoms with Crippen molar-refractivity contribution in [3.05, 3.63) is 11.8 Å². The summed E-state index contributed by atoms with van der Waals surface area (Å²) in [6.07, 6.45) is 0.600. The molecule has 1 rings (SSSR count). The molecule has 1 aliphatic rings. The maximum absolute atomic E-state index is 10.3. The van der Waals surface area contributed by atoms with Crippen LogP contribution in [0, 0.1) is 0 Å². The van der Waals surface area contributed by atoms with Crippen LogP contribution in [-0.2, 0) is 19.3 Å². The fourth-order valence-corrected chi connectivity index (χ4v) is 0.352. The lowest BCUT2D eigenvalue weighted by atomic mass is 10.4. The molecule has 0 aliphatic carbocycles. The van der Waals surface area contributed by atoms with E-state index in [1.165, 1.54) is 0 Å². The summed E-state index contributed by atoms with van der Waals surface area (Å²) in [5.74, 6) is -2.76. The molecule has 0 amide bonds. The monoisotopic (exact) mass is 145 g/mol. The van der Waals surface area contributed by atoms with E-state index in [1.54, 1.807) is 5.64 Å². The van der Waals surface area contributed by atoms with E-state index in [1.807, 2.05) is 0 Å². The van der Waals surface area contributed by atoms with Gasteiger partial charge < -0.3 is 14.8 Å². The van der Waals surface area contributed by atoms with E-state index in [0.29, 0.717) is 6.08 Å². The normalized spacial score (nSPS) is 18.6. The zero-order chi connectivity index (χ0) is 7.56. The fourth-order valence-electron chi connectivity index (χ4n) is 0.352. The SMILES string of the molecule is O=C1C=C(O)C(=O)ONO1. The molecule has 1 aliphatic heterocycles. The number of aliphatic hydroxyl groups excluding tert-OH is 1. The second-order valence-corrected chi connectivity index (χ2v) is 1.42. The van der Waals surface area contributed by atoms with Gasteiger partial charge in [-0.25, -0.2) is 9.59 Å². The molecule has 10 heavy (non-hydrogen) atoms. The smallest absolute Gasteiger partial charge is 0.395 e. The number of hydrogen-bond donors (Lipinski definition) is 2. The van der Waals surface area contributed by atoms with E-state index >= 15 is 0 Å². The van der Waals surface area contributed by atoms with Gasteiger partial charge in [-0.3, -0.25) is 0 Å². The van der Waals surface area contributed by atoms with Gasteiger partial charge in [0.25, 0.3) is 0 Å². The third-order valence-corrected chi connectivity index (χ3v) is 0.740. The van der Waals surface area contributed by atoms with Crippen molar-refractivity contribution in [1.29, 1.82) is 0 Å². The van der Waals surface area contributed by atoms with Crippen molar-refractivity contribution in [2.45, 2.75) is 0 Å². The first kappa shape index (κ1) is 6.56. The van der Waals surface area contributed by atoms with Gasteiger partial charge in [0.05, 0.1) is 6.08 Å². The highest BCUT2D eigenvalue weighted by atomic mass is 16.9. The number of rotatable bonds is 0. The number of carbonyl (C=O) groups excluding carboxylic acids is 2. The predicted octanol–water partition coefficient (Wildman–Crippen LogP) is -1.05. The second-order valence-electron chi connectivity index (χ2n) is 1.42. The largest absolute Gasteiger partial charge is 0.502 e. The quantitative estimate of drug-likeness (QED) is 0.452. The topological polar surface area (TPSA) is 84.9 Å². The molecule has 0 unspecified atom stereocenters. The minimum atomic E-state index is -1.06. The van der Waals surface area contributed by atoms with Crippen molar-refractivity contribution >= 4 is 11.9 Å². The summed E-state index contributed by atoms with van der Waals surface area (Å²) in [6.45, 7) is 0. The summed E-state index contributed by atoms with van der Waals surface area (Å²) in [4.78, 5) is 28.5. The molecule has 0 aromatic heterocycles. The van der Waals surface area contributed by atoms with Crippen molar-refractivity contribution in [1.82, 2.24) is 5.64 Å². The number of nitrogens with one attached hydrogen (secondary N) is 1. The lowest BCUT2D eigenvalue weighted by Gasteiger charge is -1.96. The maximum Gasteiger partial charge on any atom is 0.395 e. The van der Waals surface area contributed by atoms with Gasteiger partial charge in [-0.05, 0) is 0 Å². The number of aliphatic hydroxyl groups is 1. The maximum atomic E-state index is 10.3. The summed E-state index contributed by atoms with van der Waals surface area (Å²) >= 11 is 0. The van der Waals surface area contributed by atoms with Crippen LogP contribution in [0.25, 0.3) is 0 Å². The van der Waals surface area contributed by atoms with Crippen LogP contribution in [0.4, 0.5) is 0 Å². The Morgan fingerprint density at radius 1 is 1.40 bits per heavy atom. The van der Waals surface area contributed by atoms with Crippen LogP contribution >= 0.6 is 0 Å². The van der Waals surface area contributed by atoms with Gasteiger partial charge in [-0.2, -0.15) is 0 Å². The lowest BCUT2D eigenvalue weighted by Crippen LogP contribution is -2.19. The second kappa shape index (κ2) is 2.36. The van der Waals surface area contributed by atoms with E-state index in [-0.39, 0.29) is 0 Å². The van der Waals surface area contributed by atoms with Crippen LogP contribution in [-0.4, -0.2) is 17.0 Å². The summed E-state index contributed by atoms with van der Waals surface area (Å²) in [5, 5.41) is 8.57. The predicted molar refractivity (Wildman–Crippen MR) is 26.0 cm³/mol. The van der Waals surface area contributed by atoms with Crippen LogP contribution < -0.4 is 5.64 Å². The van der Waals surface area contributed by atoms with Crippen molar-refractivity contribution in [2.75, 3.05) is 0 Å². The van der Waals surface area contributed by atoms with Crippen molar-refractivity contribution in [2.24, 2.45) is 0 Å². The molecular weight excluding hydrogens is 142 g/mol. The average Bonchev–Trinajstić information content (AvgIpc) is 1.96. The van der Waals surface area contributed by atoms with Crippen LogP contribution in [0.5, 0.6) is 0 Å². The van der Waals surface area contributed by atoms with Crippen molar-refractivity contribution in [3.63, 3.8) is 0 Å². The van der Waals surface area contributed by atoms with Gasteiger partial charge in [0.15, 0.2) is 0 Å². The molecular formula is C4H3NO5. The third kappa shape index (κ3) is 1.23. The third-order valence-electron chi connectivity index (χ3n) is 0.740. The zero-order valence-corrected chi connectivity index (χ0v) is 4.66. The minimum Gasteiger partial charge on any atom is -0.502 e. The molecule has 6 heteroatoms. The van der Waals surface area contributed by atoms with E-state index in [9.17, 15) is 9.59 Å². The van der Waals surface area contributed by atoms with E-state index < -0.39 is 17.7 Å². The summed E-state index contributed by atoms with van der Waals surface area (Å²) in [7, 11) is 0.